The lowest BCUT2D eigenvalue weighted by Gasteiger charge is -2.28. The van der Waals surface area contributed by atoms with E-state index in [1.165, 1.54) is 41.5 Å². The summed E-state index contributed by atoms with van der Waals surface area (Å²) < 4.78 is 60.7. The Morgan fingerprint density at radius 3 is 2.65 bits per heavy atom. The number of amides is 1. The van der Waals surface area contributed by atoms with Crippen LogP contribution in [-0.4, -0.2) is 36.2 Å². The van der Waals surface area contributed by atoms with Crippen molar-refractivity contribution in [3.8, 4) is 0 Å². The molecule has 1 aliphatic rings. The Labute approximate surface area is 198 Å². The highest BCUT2D eigenvalue weighted by molar-refractivity contribution is 7.89. The molecule has 11 heteroatoms. The Morgan fingerprint density at radius 1 is 1.15 bits per heavy atom. The van der Waals surface area contributed by atoms with E-state index in [0.29, 0.717) is 34.0 Å². The molecule has 7 nitrogen and oxygen atoms in total. The van der Waals surface area contributed by atoms with Crippen molar-refractivity contribution in [2.24, 2.45) is 0 Å². The fourth-order valence-electron chi connectivity index (χ4n) is 4.00. The summed E-state index contributed by atoms with van der Waals surface area (Å²) in [5.41, 5.74) is 0.529. The van der Waals surface area contributed by atoms with Gasteiger partial charge < -0.3 is 4.42 Å². The van der Waals surface area contributed by atoms with Crippen LogP contribution in [0, 0.1) is 11.6 Å². The highest BCUT2D eigenvalue weighted by Gasteiger charge is 2.42. The third-order valence-electron chi connectivity index (χ3n) is 5.64. The second-order valence-electron chi connectivity index (χ2n) is 7.84. The van der Waals surface area contributed by atoms with Crippen LogP contribution in [0.1, 0.15) is 18.6 Å². The lowest BCUT2D eigenvalue weighted by Crippen LogP contribution is -2.47. The van der Waals surface area contributed by atoms with Gasteiger partial charge in [0.25, 0.3) is 0 Å². The first-order valence-corrected chi connectivity index (χ1v) is 12.8. The fourth-order valence-corrected chi connectivity index (χ4v) is 6.64. The number of anilines is 1. The lowest BCUT2D eigenvalue weighted by molar-refractivity contribution is -0.121. The number of nitrogens with zero attached hydrogens (tertiary/aromatic N) is 3. The van der Waals surface area contributed by atoms with Gasteiger partial charge in [-0.25, -0.2) is 22.2 Å². The molecule has 0 spiro atoms. The molecule has 2 aromatic heterocycles. The number of rotatable bonds is 6. The van der Waals surface area contributed by atoms with Gasteiger partial charge in [0.15, 0.2) is 5.13 Å². The van der Waals surface area contributed by atoms with E-state index in [1.54, 1.807) is 12.1 Å². The number of carbonyl (C=O) groups excluding carboxylic acids is 1. The molecule has 0 N–H and O–H groups in total. The SMILES string of the molecule is O=C(C1CCCN1S(=O)(=O)c1ccc(F)cc1)N(Cc1ccco1)c1nc2ccc(F)cc2s1. The highest BCUT2D eigenvalue weighted by atomic mass is 32.2. The zero-order valence-electron chi connectivity index (χ0n) is 17.7. The Kier molecular flexibility index (Phi) is 5.92. The van der Waals surface area contributed by atoms with E-state index in [4.69, 9.17) is 4.42 Å². The van der Waals surface area contributed by atoms with Gasteiger partial charge in [0.2, 0.25) is 15.9 Å². The van der Waals surface area contributed by atoms with Crippen molar-refractivity contribution in [2.45, 2.75) is 30.3 Å². The van der Waals surface area contributed by atoms with Gasteiger partial charge in [0.1, 0.15) is 23.4 Å². The lowest BCUT2D eigenvalue weighted by atomic mass is 10.2. The summed E-state index contributed by atoms with van der Waals surface area (Å²) in [5.74, 6) is -0.937. The minimum absolute atomic E-state index is 0.0368. The summed E-state index contributed by atoms with van der Waals surface area (Å²) in [6.45, 7) is 0.199. The minimum Gasteiger partial charge on any atom is -0.467 e. The molecule has 1 aliphatic heterocycles. The number of carbonyl (C=O) groups is 1. The van der Waals surface area contributed by atoms with E-state index in [0.717, 1.165) is 27.8 Å². The van der Waals surface area contributed by atoms with Gasteiger partial charge >= 0.3 is 0 Å². The number of fused-ring (bicyclic) bond motifs is 1. The third kappa shape index (κ3) is 4.22. The Balaban J connectivity index is 1.51. The molecule has 0 radical (unpaired) electrons. The smallest absolute Gasteiger partial charge is 0.247 e. The molecule has 176 valence electrons. The molecule has 1 amide bonds. The van der Waals surface area contributed by atoms with Crippen LogP contribution in [-0.2, 0) is 21.4 Å². The number of aromatic nitrogens is 1. The van der Waals surface area contributed by atoms with Crippen LogP contribution in [0.4, 0.5) is 13.9 Å². The fraction of sp³-hybridized carbons (Fsp3) is 0.217. The summed E-state index contributed by atoms with van der Waals surface area (Å²) in [5, 5.41) is 0.313. The maximum Gasteiger partial charge on any atom is 0.247 e. The summed E-state index contributed by atoms with van der Waals surface area (Å²) in [6, 6.07) is 11.1. The molecule has 2 aromatic carbocycles. The van der Waals surface area contributed by atoms with Crippen molar-refractivity contribution in [1.82, 2.24) is 9.29 Å². The van der Waals surface area contributed by atoms with E-state index in [9.17, 15) is 22.0 Å². The van der Waals surface area contributed by atoms with E-state index >= 15 is 0 Å². The van der Waals surface area contributed by atoms with Gasteiger partial charge in [-0.2, -0.15) is 4.31 Å². The van der Waals surface area contributed by atoms with Crippen molar-refractivity contribution in [3.63, 3.8) is 0 Å². The van der Waals surface area contributed by atoms with E-state index in [1.807, 2.05) is 0 Å². The van der Waals surface area contributed by atoms with Crippen LogP contribution < -0.4 is 4.90 Å². The second-order valence-corrected chi connectivity index (χ2v) is 10.7. The summed E-state index contributed by atoms with van der Waals surface area (Å²) in [7, 11) is -4.03. The van der Waals surface area contributed by atoms with Crippen LogP contribution in [0.15, 0.2) is 70.2 Å². The summed E-state index contributed by atoms with van der Waals surface area (Å²) in [6.07, 6.45) is 2.30. The van der Waals surface area contributed by atoms with Crippen molar-refractivity contribution in [3.05, 3.63) is 78.3 Å². The molecule has 1 unspecified atom stereocenters. The average Bonchev–Trinajstić information content (AvgIpc) is 3.57. The summed E-state index contributed by atoms with van der Waals surface area (Å²) in [4.78, 5) is 19.6. The Morgan fingerprint density at radius 2 is 1.91 bits per heavy atom. The van der Waals surface area contributed by atoms with Gasteiger partial charge in [-0.15, -0.1) is 0 Å². The largest absolute Gasteiger partial charge is 0.467 e. The number of halogens is 2. The van der Waals surface area contributed by atoms with Crippen LogP contribution in [0.25, 0.3) is 10.2 Å². The molecular weight excluding hydrogens is 484 g/mol. The van der Waals surface area contributed by atoms with Gasteiger partial charge in [0, 0.05) is 6.54 Å². The van der Waals surface area contributed by atoms with Gasteiger partial charge in [-0.05, 0) is 67.4 Å². The normalized spacial score (nSPS) is 16.8. The topological polar surface area (TPSA) is 83.7 Å². The predicted molar refractivity (Wildman–Crippen MR) is 123 cm³/mol. The average molecular weight is 504 g/mol. The molecular formula is C23H19F2N3O4S2. The van der Waals surface area contributed by atoms with Crippen molar-refractivity contribution in [2.75, 3.05) is 11.4 Å². The van der Waals surface area contributed by atoms with Gasteiger partial charge in [-0.1, -0.05) is 11.3 Å². The number of furan rings is 1. The molecule has 0 saturated carbocycles. The number of sulfonamides is 1. The van der Waals surface area contributed by atoms with E-state index < -0.39 is 33.6 Å². The van der Waals surface area contributed by atoms with Gasteiger partial charge in [0.05, 0.1) is 27.9 Å². The number of hydrogen-bond donors (Lipinski definition) is 0. The standard InChI is InChI=1S/C23H19F2N3O4S2/c24-15-5-8-18(9-6-15)34(30,31)28-11-1-4-20(28)22(29)27(14-17-3-2-12-32-17)23-26-19-10-7-16(25)13-21(19)33-23/h2-3,5-10,12-13,20H,1,4,11,14H2. The van der Waals surface area contributed by atoms with Crippen LogP contribution in [0.5, 0.6) is 0 Å². The molecule has 1 saturated heterocycles. The van der Waals surface area contributed by atoms with Crippen LogP contribution >= 0.6 is 11.3 Å². The van der Waals surface area contributed by atoms with Crippen LogP contribution in [0.3, 0.4) is 0 Å². The highest BCUT2D eigenvalue weighted by Crippen LogP contribution is 2.34. The van der Waals surface area contributed by atoms with Crippen LogP contribution in [0.2, 0.25) is 0 Å². The predicted octanol–water partition coefficient (Wildman–Crippen LogP) is 4.55. The molecule has 1 atom stereocenters. The zero-order valence-corrected chi connectivity index (χ0v) is 19.4. The maximum absolute atomic E-state index is 13.8. The number of benzene rings is 2. The Hall–Kier alpha value is -3.15. The second kappa shape index (κ2) is 8.90. The number of hydrogen-bond acceptors (Lipinski definition) is 6. The first-order chi connectivity index (χ1) is 16.3. The van der Waals surface area contributed by atoms with Crippen molar-refractivity contribution in [1.29, 1.82) is 0 Å². The molecule has 4 aromatic rings. The first kappa shape index (κ1) is 22.6. The molecule has 1 fully saturated rings. The minimum atomic E-state index is -4.03. The third-order valence-corrected chi connectivity index (χ3v) is 8.60. The molecule has 34 heavy (non-hydrogen) atoms. The maximum atomic E-state index is 13.8. The quantitative estimate of drug-likeness (QED) is 0.385. The molecule has 3 heterocycles. The monoisotopic (exact) mass is 503 g/mol. The van der Waals surface area contributed by atoms with Gasteiger partial charge in [-0.3, -0.25) is 9.69 Å². The molecule has 0 aliphatic carbocycles. The first-order valence-electron chi connectivity index (χ1n) is 10.5. The number of thiazole rings is 1. The van der Waals surface area contributed by atoms with Crippen molar-refractivity contribution < 1.29 is 26.4 Å². The van der Waals surface area contributed by atoms with Crippen molar-refractivity contribution >= 4 is 42.6 Å². The van der Waals surface area contributed by atoms with E-state index in [2.05, 4.69) is 4.98 Å². The molecule has 5 rings (SSSR count). The molecule has 0 bridgehead atoms. The summed E-state index contributed by atoms with van der Waals surface area (Å²) >= 11 is 1.14. The van der Waals surface area contributed by atoms with E-state index in [-0.39, 0.29) is 18.0 Å². The zero-order chi connectivity index (χ0) is 23.9. The Bertz CT molecular complexity index is 1440.